The van der Waals surface area contributed by atoms with Crippen LogP contribution < -0.4 is 5.32 Å². The van der Waals surface area contributed by atoms with Crippen LogP contribution in [0.25, 0.3) is 0 Å². The van der Waals surface area contributed by atoms with Gasteiger partial charge in [0.15, 0.2) is 6.10 Å². The predicted molar refractivity (Wildman–Crippen MR) is 44.3 cm³/mol. The molecule has 2 nitrogen and oxygen atoms in total. The van der Waals surface area contributed by atoms with Crippen LogP contribution in [0.1, 0.15) is 13.3 Å². The average molecular weight is 197 g/mol. The van der Waals surface area contributed by atoms with Gasteiger partial charge in [-0.2, -0.15) is 13.2 Å². The molecule has 0 rings (SSSR count). The van der Waals surface area contributed by atoms with Crippen LogP contribution >= 0.6 is 0 Å². The van der Waals surface area contributed by atoms with Gasteiger partial charge < -0.3 is 10.4 Å². The van der Waals surface area contributed by atoms with E-state index in [-0.39, 0.29) is 6.04 Å². The fraction of sp³-hybridized carbons (Fsp3) is 0.750. The van der Waals surface area contributed by atoms with E-state index in [0.29, 0.717) is 6.42 Å². The van der Waals surface area contributed by atoms with E-state index < -0.39 is 18.8 Å². The third-order valence-electron chi connectivity index (χ3n) is 1.56. The largest absolute Gasteiger partial charge is 0.415 e. The van der Waals surface area contributed by atoms with Crippen molar-refractivity contribution in [2.75, 3.05) is 6.54 Å². The molecule has 0 fully saturated rings. The zero-order chi connectivity index (χ0) is 10.5. The van der Waals surface area contributed by atoms with Gasteiger partial charge in [-0.25, -0.2) is 0 Å². The van der Waals surface area contributed by atoms with Crippen molar-refractivity contribution in [3.63, 3.8) is 0 Å². The molecule has 0 aromatic carbocycles. The quantitative estimate of drug-likeness (QED) is 0.654. The van der Waals surface area contributed by atoms with Gasteiger partial charge in [0.25, 0.3) is 0 Å². The van der Waals surface area contributed by atoms with E-state index in [9.17, 15) is 13.2 Å². The smallest absolute Gasteiger partial charge is 0.382 e. The molecule has 78 valence electrons. The van der Waals surface area contributed by atoms with Crippen LogP contribution in [0.15, 0.2) is 12.7 Å². The van der Waals surface area contributed by atoms with Gasteiger partial charge in [0.2, 0.25) is 0 Å². The molecule has 0 radical (unpaired) electrons. The standard InChI is InChI=1S/C8H14F3NO/c1-3-4-6(2)12-5-7(13)8(9,10)11/h3,6-7,12-13H,1,4-5H2,2H3. The lowest BCUT2D eigenvalue weighted by molar-refractivity contribution is -0.202. The maximum absolute atomic E-state index is 11.8. The van der Waals surface area contributed by atoms with Crippen LogP contribution in [-0.4, -0.2) is 30.0 Å². The first-order valence-corrected chi connectivity index (χ1v) is 3.97. The molecule has 0 amide bonds. The Labute approximate surface area is 75.4 Å². The summed E-state index contributed by atoms with van der Waals surface area (Å²) in [7, 11) is 0. The molecule has 0 spiro atoms. The van der Waals surface area contributed by atoms with Crippen LogP contribution in [0.4, 0.5) is 13.2 Å². The molecule has 13 heavy (non-hydrogen) atoms. The third kappa shape index (κ3) is 5.65. The summed E-state index contributed by atoms with van der Waals surface area (Å²) < 4.78 is 35.3. The van der Waals surface area contributed by atoms with E-state index in [1.165, 1.54) is 0 Å². The van der Waals surface area contributed by atoms with Crippen molar-refractivity contribution in [1.29, 1.82) is 0 Å². The second-order valence-electron chi connectivity index (χ2n) is 2.89. The highest BCUT2D eigenvalue weighted by Crippen LogP contribution is 2.19. The molecule has 0 aliphatic carbocycles. The summed E-state index contributed by atoms with van der Waals surface area (Å²) in [5.41, 5.74) is 0. The number of nitrogens with one attached hydrogen (secondary N) is 1. The van der Waals surface area contributed by atoms with Crippen LogP contribution in [0, 0.1) is 0 Å². The molecule has 0 saturated carbocycles. The van der Waals surface area contributed by atoms with E-state index in [4.69, 9.17) is 5.11 Å². The van der Waals surface area contributed by atoms with Crippen molar-refractivity contribution < 1.29 is 18.3 Å². The number of aliphatic hydroxyl groups is 1. The van der Waals surface area contributed by atoms with Crippen LogP contribution in [-0.2, 0) is 0 Å². The Morgan fingerprint density at radius 3 is 2.46 bits per heavy atom. The van der Waals surface area contributed by atoms with Gasteiger partial charge >= 0.3 is 6.18 Å². The van der Waals surface area contributed by atoms with Crippen molar-refractivity contribution in [1.82, 2.24) is 5.32 Å². The molecule has 0 heterocycles. The van der Waals surface area contributed by atoms with E-state index >= 15 is 0 Å². The Balaban J connectivity index is 3.69. The summed E-state index contributed by atoms with van der Waals surface area (Å²) in [5.74, 6) is 0. The highest BCUT2D eigenvalue weighted by Gasteiger charge is 2.37. The van der Waals surface area contributed by atoms with Gasteiger partial charge in [-0.05, 0) is 13.3 Å². The minimum Gasteiger partial charge on any atom is -0.382 e. The van der Waals surface area contributed by atoms with Gasteiger partial charge in [0, 0.05) is 12.6 Å². The topological polar surface area (TPSA) is 32.3 Å². The summed E-state index contributed by atoms with van der Waals surface area (Å²) in [5, 5.41) is 11.1. The zero-order valence-electron chi connectivity index (χ0n) is 7.43. The SMILES string of the molecule is C=CCC(C)NCC(O)C(F)(F)F. The van der Waals surface area contributed by atoms with Crippen molar-refractivity contribution in [3.05, 3.63) is 12.7 Å². The number of hydrogen-bond donors (Lipinski definition) is 2. The Kier molecular flexibility index (Phi) is 5.02. The van der Waals surface area contributed by atoms with E-state index in [1.807, 2.05) is 0 Å². The molecule has 0 aliphatic heterocycles. The molecule has 2 unspecified atom stereocenters. The molecule has 2 N–H and O–H groups in total. The highest BCUT2D eigenvalue weighted by atomic mass is 19.4. The Morgan fingerprint density at radius 1 is 1.54 bits per heavy atom. The number of rotatable bonds is 5. The first kappa shape index (κ1) is 12.4. The number of hydrogen-bond acceptors (Lipinski definition) is 2. The first-order chi connectivity index (χ1) is 5.88. The van der Waals surface area contributed by atoms with Gasteiger partial charge in [-0.1, -0.05) is 6.08 Å². The molecule has 0 aromatic rings. The predicted octanol–water partition coefficient (Wildman–Crippen LogP) is 1.46. The Bertz CT molecular complexity index is 158. The molecule has 0 aromatic heterocycles. The summed E-state index contributed by atoms with van der Waals surface area (Å²) in [6.45, 7) is 4.71. The number of aliphatic hydroxyl groups excluding tert-OH is 1. The average Bonchev–Trinajstić information content (AvgIpc) is 1.99. The fourth-order valence-corrected chi connectivity index (χ4v) is 0.762. The van der Waals surface area contributed by atoms with Crippen LogP contribution in [0.3, 0.4) is 0 Å². The van der Waals surface area contributed by atoms with Crippen molar-refractivity contribution in [2.24, 2.45) is 0 Å². The van der Waals surface area contributed by atoms with Gasteiger partial charge in [-0.3, -0.25) is 0 Å². The van der Waals surface area contributed by atoms with Gasteiger partial charge in [0.1, 0.15) is 0 Å². The molecular formula is C8H14F3NO. The lowest BCUT2D eigenvalue weighted by Crippen LogP contribution is -2.41. The van der Waals surface area contributed by atoms with Crippen molar-refractivity contribution in [2.45, 2.75) is 31.7 Å². The van der Waals surface area contributed by atoms with E-state index in [1.54, 1.807) is 13.0 Å². The fourth-order valence-electron chi connectivity index (χ4n) is 0.762. The van der Waals surface area contributed by atoms with Crippen molar-refractivity contribution in [3.8, 4) is 0 Å². The summed E-state index contributed by atoms with van der Waals surface area (Å²) in [4.78, 5) is 0. The molecule has 0 aliphatic rings. The van der Waals surface area contributed by atoms with Crippen molar-refractivity contribution >= 4 is 0 Å². The molecule has 0 saturated heterocycles. The maximum Gasteiger partial charge on any atom is 0.415 e. The second-order valence-corrected chi connectivity index (χ2v) is 2.89. The van der Waals surface area contributed by atoms with Gasteiger partial charge in [0.05, 0.1) is 0 Å². The Hall–Kier alpha value is -0.550. The molecule has 5 heteroatoms. The van der Waals surface area contributed by atoms with Gasteiger partial charge in [-0.15, -0.1) is 6.58 Å². The van der Waals surface area contributed by atoms with E-state index in [0.717, 1.165) is 0 Å². The molecule has 2 atom stereocenters. The Morgan fingerprint density at radius 2 is 2.08 bits per heavy atom. The second kappa shape index (κ2) is 5.24. The van der Waals surface area contributed by atoms with E-state index in [2.05, 4.69) is 11.9 Å². The number of alkyl halides is 3. The summed E-state index contributed by atoms with van der Waals surface area (Å²) >= 11 is 0. The number of halogens is 3. The lowest BCUT2D eigenvalue weighted by Gasteiger charge is -2.17. The first-order valence-electron chi connectivity index (χ1n) is 3.97. The van der Waals surface area contributed by atoms with Crippen LogP contribution in [0.5, 0.6) is 0 Å². The molecular weight excluding hydrogens is 183 g/mol. The summed E-state index contributed by atoms with van der Waals surface area (Å²) in [6.07, 6.45) is -4.65. The highest BCUT2D eigenvalue weighted by molar-refractivity contribution is 4.77. The summed E-state index contributed by atoms with van der Waals surface area (Å²) in [6, 6.07) is -0.102. The minimum absolute atomic E-state index is 0.102. The maximum atomic E-state index is 11.8. The third-order valence-corrected chi connectivity index (χ3v) is 1.56. The monoisotopic (exact) mass is 197 g/mol. The van der Waals surface area contributed by atoms with Crippen LogP contribution in [0.2, 0.25) is 0 Å². The minimum atomic E-state index is -4.54. The zero-order valence-corrected chi connectivity index (χ0v) is 7.43. The lowest BCUT2D eigenvalue weighted by atomic mass is 10.2. The molecule has 0 bridgehead atoms. The normalized spacial score (nSPS) is 16.7.